The van der Waals surface area contributed by atoms with Gasteiger partial charge < -0.3 is 10.0 Å². The Kier molecular flexibility index (Phi) is 3.35. The van der Waals surface area contributed by atoms with E-state index in [1.54, 1.807) is 24.4 Å². The number of pyridine rings is 1. The summed E-state index contributed by atoms with van der Waals surface area (Å²) in [5.41, 5.74) is 2.38. The van der Waals surface area contributed by atoms with Gasteiger partial charge in [0.2, 0.25) is 0 Å². The van der Waals surface area contributed by atoms with Gasteiger partial charge in [-0.3, -0.25) is 4.98 Å². The highest BCUT2D eigenvalue weighted by Gasteiger charge is 2.05. The van der Waals surface area contributed by atoms with E-state index in [-0.39, 0.29) is 12.4 Å². The van der Waals surface area contributed by atoms with E-state index >= 15 is 0 Å². The average Bonchev–Trinajstić information content (AvgIpc) is 2.39. The summed E-state index contributed by atoms with van der Waals surface area (Å²) in [5.74, 6) is -0.257. The fraction of sp³-hybridized carbons (Fsp3) is 0.154. The Labute approximate surface area is 99.2 Å². The molecule has 0 atom stereocenters. The van der Waals surface area contributed by atoms with Crippen molar-refractivity contribution < 1.29 is 9.50 Å². The van der Waals surface area contributed by atoms with E-state index in [4.69, 9.17) is 5.11 Å². The van der Waals surface area contributed by atoms with Crippen molar-refractivity contribution in [3.8, 4) is 0 Å². The van der Waals surface area contributed by atoms with E-state index in [0.29, 0.717) is 5.69 Å². The van der Waals surface area contributed by atoms with Gasteiger partial charge in [0, 0.05) is 24.6 Å². The van der Waals surface area contributed by atoms with Crippen molar-refractivity contribution in [2.75, 3.05) is 11.9 Å². The average molecular weight is 232 g/mol. The summed E-state index contributed by atoms with van der Waals surface area (Å²) in [6, 6.07) is 9.87. The summed E-state index contributed by atoms with van der Waals surface area (Å²) in [7, 11) is 1.88. The van der Waals surface area contributed by atoms with Crippen LogP contribution in [0.4, 0.5) is 15.8 Å². The standard InChI is InChI=1S/C13H13FN2O/c1-16(12-4-2-10(14)3-5-12)13-6-7-15-11(8-13)9-17/h2-8,17H,9H2,1H3. The zero-order valence-electron chi connectivity index (χ0n) is 9.47. The number of nitrogens with zero attached hydrogens (tertiary/aromatic N) is 2. The van der Waals surface area contributed by atoms with Crippen LogP contribution in [0.1, 0.15) is 5.69 Å². The lowest BCUT2D eigenvalue weighted by atomic mass is 10.2. The molecule has 1 aromatic carbocycles. The molecule has 0 amide bonds. The van der Waals surface area contributed by atoms with Crippen molar-refractivity contribution in [2.24, 2.45) is 0 Å². The van der Waals surface area contributed by atoms with Crippen molar-refractivity contribution in [3.63, 3.8) is 0 Å². The number of benzene rings is 1. The fourth-order valence-electron chi connectivity index (χ4n) is 1.57. The third-order valence-electron chi connectivity index (χ3n) is 2.56. The molecule has 0 aliphatic carbocycles. The first-order chi connectivity index (χ1) is 8.20. The Bertz CT molecular complexity index is 499. The lowest BCUT2D eigenvalue weighted by Gasteiger charge is -2.19. The number of anilines is 2. The van der Waals surface area contributed by atoms with Gasteiger partial charge in [-0.1, -0.05) is 0 Å². The third-order valence-corrected chi connectivity index (χ3v) is 2.56. The SMILES string of the molecule is CN(c1ccc(F)cc1)c1ccnc(CO)c1. The van der Waals surface area contributed by atoms with Crippen LogP contribution in [0.15, 0.2) is 42.6 Å². The highest BCUT2D eigenvalue weighted by atomic mass is 19.1. The summed E-state index contributed by atoms with van der Waals surface area (Å²) >= 11 is 0. The minimum atomic E-state index is -0.257. The molecule has 0 fully saturated rings. The van der Waals surface area contributed by atoms with Crippen molar-refractivity contribution in [2.45, 2.75) is 6.61 Å². The van der Waals surface area contributed by atoms with Crippen molar-refractivity contribution in [1.82, 2.24) is 4.98 Å². The molecule has 0 saturated heterocycles. The number of aromatic nitrogens is 1. The molecule has 0 saturated carbocycles. The Morgan fingerprint density at radius 3 is 2.53 bits per heavy atom. The van der Waals surface area contributed by atoms with Gasteiger partial charge in [-0.05, 0) is 36.4 Å². The number of hydrogen-bond acceptors (Lipinski definition) is 3. The number of aliphatic hydroxyl groups excluding tert-OH is 1. The highest BCUT2D eigenvalue weighted by molar-refractivity contribution is 5.62. The van der Waals surface area contributed by atoms with Crippen LogP contribution in [0.2, 0.25) is 0 Å². The van der Waals surface area contributed by atoms with Gasteiger partial charge in [-0.25, -0.2) is 4.39 Å². The second-order valence-corrected chi connectivity index (χ2v) is 3.70. The van der Waals surface area contributed by atoms with Crippen LogP contribution >= 0.6 is 0 Å². The second-order valence-electron chi connectivity index (χ2n) is 3.70. The Hall–Kier alpha value is -1.94. The monoisotopic (exact) mass is 232 g/mol. The second kappa shape index (κ2) is 4.93. The van der Waals surface area contributed by atoms with Crippen LogP contribution in [0.5, 0.6) is 0 Å². The van der Waals surface area contributed by atoms with E-state index in [1.165, 1.54) is 12.1 Å². The Morgan fingerprint density at radius 2 is 1.88 bits per heavy atom. The van der Waals surface area contributed by atoms with Gasteiger partial charge >= 0.3 is 0 Å². The molecule has 0 aliphatic rings. The summed E-state index contributed by atoms with van der Waals surface area (Å²) in [4.78, 5) is 5.91. The molecule has 88 valence electrons. The van der Waals surface area contributed by atoms with Gasteiger partial charge in [-0.2, -0.15) is 0 Å². The number of hydrogen-bond donors (Lipinski definition) is 1. The predicted octanol–water partition coefficient (Wildman–Crippen LogP) is 2.48. The maximum atomic E-state index is 12.8. The Balaban J connectivity index is 2.29. The molecule has 2 aromatic rings. The van der Waals surface area contributed by atoms with Crippen LogP contribution in [0, 0.1) is 5.82 Å². The van der Waals surface area contributed by atoms with Gasteiger partial charge in [0.25, 0.3) is 0 Å². The summed E-state index contributed by atoms with van der Waals surface area (Å²) < 4.78 is 12.8. The molecule has 1 aromatic heterocycles. The molecule has 17 heavy (non-hydrogen) atoms. The van der Waals surface area contributed by atoms with Crippen molar-refractivity contribution in [1.29, 1.82) is 0 Å². The first-order valence-corrected chi connectivity index (χ1v) is 5.26. The third kappa shape index (κ3) is 2.60. The fourth-order valence-corrected chi connectivity index (χ4v) is 1.57. The van der Waals surface area contributed by atoms with Crippen LogP contribution in [0.3, 0.4) is 0 Å². The molecule has 1 heterocycles. The van der Waals surface area contributed by atoms with E-state index in [1.807, 2.05) is 18.0 Å². The topological polar surface area (TPSA) is 36.4 Å². The van der Waals surface area contributed by atoms with E-state index in [9.17, 15) is 4.39 Å². The minimum Gasteiger partial charge on any atom is -0.390 e. The Morgan fingerprint density at radius 1 is 1.18 bits per heavy atom. The van der Waals surface area contributed by atoms with Gasteiger partial charge in [-0.15, -0.1) is 0 Å². The summed E-state index contributed by atoms with van der Waals surface area (Å²) in [6.07, 6.45) is 1.64. The van der Waals surface area contributed by atoms with Crippen LogP contribution in [0.25, 0.3) is 0 Å². The largest absolute Gasteiger partial charge is 0.390 e. The zero-order valence-corrected chi connectivity index (χ0v) is 9.47. The van der Waals surface area contributed by atoms with Gasteiger partial charge in [0.1, 0.15) is 5.82 Å². The molecule has 0 radical (unpaired) electrons. The highest BCUT2D eigenvalue weighted by Crippen LogP contribution is 2.23. The lowest BCUT2D eigenvalue weighted by molar-refractivity contribution is 0.277. The molecular formula is C13H13FN2O. The molecule has 4 heteroatoms. The number of aliphatic hydroxyl groups is 1. The predicted molar refractivity (Wildman–Crippen MR) is 64.6 cm³/mol. The number of rotatable bonds is 3. The molecular weight excluding hydrogens is 219 g/mol. The van der Waals surface area contributed by atoms with Crippen molar-refractivity contribution >= 4 is 11.4 Å². The quantitative estimate of drug-likeness (QED) is 0.883. The lowest BCUT2D eigenvalue weighted by Crippen LogP contribution is -2.10. The van der Waals surface area contributed by atoms with Crippen LogP contribution in [-0.4, -0.2) is 17.1 Å². The summed E-state index contributed by atoms with van der Waals surface area (Å²) in [6.45, 7) is -0.0922. The smallest absolute Gasteiger partial charge is 0.123 e. The van der Waals surface area contributed by atoms with Gasteiger partial charge in [0.05, 0.1) is 12.3 Å². The summed E-state index contributed by atoms with van der Waals surface area (Å²) in [5, 5.41) is 9.02. The minimum absolute atomic E-state index is 0.0922. The van der Waals surface area contributed by atoms with Crippen molar-refractivity contribution in [3.05, 3.63) is 54.1 Å². The van der Waals surface area contributed by atoms with E-state index < -0.39 is 0 Å². The van der Waals surface area contributed by atoms with Crippen LogP contribution in [-0.2, 0) is 6.61 Å². The molecule has 0 bridgehead atoms. The molecule has 2 rings (SSSR count). The molecule has 0 unspecified atom stereocenters. The maximum absolute atomic E-state index is 12.8. The number of halogens is 1. The molecule has 0 aliphatic heterocycles. The van der Waals surface area contributed by atoms with E-state index in [0.717, 1.165) is 11.4 Å². The van der Waals surface area contributed by atoms with E-state index in [2.05, 4.69) is 4.98 Å². The molecule has 0 spiro atoms. The molecule has 3 nitrogen and oxygen atoms in total. The van der Waals surface area contributed by atoms with Gasteiger partial charge in [0.15, 0.2) is 0 Å². The normalized spacial score (nSPS) is 10.3. The molecule has 1 N–H and O–H groups in total. The first kappa shape index (κ1) is 11.5. The maximum Gasteiger partial charge on any atom is 0.123 e. The first-order valence-electron chi connectivity index (χ1n) is 5.26. The zero-order chi connectivity index (χ0) is 12.3. The van der Waals surface area contributed by atoms with Crippen LogP contribution < -0.4 is 4.90 Å².